The molecule has 188 valence electrons. The van der Waals surface area contributed by atoms with Crippen LogP contribution in [0.3, 0.4) is 0 Å². The van der Waals surface area contributed by atoms with E-state index in [1.165, 1.54) is 14.9 Å². The Bertz CT molecular complexity index is 1700. The van der Waals surface area contributed by atoms with E-state index < -0.39 is 0 Å². The van der Waals surface area contributed by atoms with Crippen molar-refractivity contribution in [3.63, 3.8) is 0 Å². The standard InChI is InChI=1S/C29H24N6O2S/c1-19-8-14-24-27(16-19)38-28(31-24)21-10-12-22(13-11-21)30-18-20-9-15-25(26(17-20)36-2)37-29-32-33-34-35(29)23-6-4-3-5-7-23/h3-17,30H,18H2,1-2H3. The molecule has 0 saturated carbocycles. The summed E-state index contributed by atoms with van der Waals surface area (Å²) in [5, 5.41) is 16.3. The zero-order chi connectivity index (χ0) is 25.9. The molecule has 4 aromatic carbocycles. The maximum Gasteiger partial charge on any atom is 0.346 e. The molecular weight excluding hydrogens is 496 g/mol. The summed E-state index contributed by atoms with van der Waals surface area (Å²) < 4.78 is 14.3. The van der Waals surface area contributed by atoms with E-state index in [1.807, 2.05) is 48.5 Å². The van der Waals surface area contributed by atoms with Crippen LogP contribution >= 0.6 is 11.3 Å². The molecule has 8 nitrogen and oxygen atoms in total. The summed E-state index contributed by atoms with van der Waals surface area (Å²) in [5.41, 5.74) is 6.26. The van der Waals surface area contributed by atoms with Crippen LogP contribution in [0.5, 0.6) is 17.5 Å². The number of anilines is 1. The summed E-state index contributed by atoms with van der Waals surface area (Å²) in [7, 11) is 1.61. The van der Waals surface area contributed by atoms with Crippen molar-refractivity contribution in [1.29, 1.82) is 0 Å². The number of ether oxygens (including phenoxy) is 2. The number of aromatic nitrogens is 5. The van der Waals surface area contributed by atoms with E-state index in [1.54, 1.807) is 18.4 Å². The number of rotatable bonds is 8. The quantitative estimate of drug-likeness (QED) is 0.240. The van der Waals surface area contributed by atoms with Gasteiger partial charge >= 0.3 is 6.01 Å². The Balaban J connectivity index is 1.13. The van der Waals surface area contributed by atoms with Gasteiger partial charge in [-0.25, -0.2) is 4.98 Å². The van der Waals surface area contributed by atoms with Crippen molar-refractivity contribution in [1.82, 2.24) is 25.2 Å². The van der Waals surface area contributed by atoms with Crippen molar-refractivity contribution in [2.45, 2.75) is 13.5 Å². The van der Waals surface area contributed by atoms with Crippen molar-refractivity contribution in [2.75, 3.05) is 12.4 Å². The molecule has 9 heteroatoms. The number of methoxy groups -OCH3 is 1. The average Bonchev–Trinajstić information content (AvgIpc) is 3.60. The van der Waals surface area contributed by atoms with Crippen LogP contribution in [-0.4, -0.2) is 32.3 Å². The van der Waals surface area contributed by atoms with E-state index >= 15 is 0 Å². The highest BCUT2D eigenvalue weighted by molar-refractivity contribution is 7.21. The first-order valence-corrected chi connectivity index (χ1v) is 12.9. The van der Waals surface area contributed by atoms with Crippen molar-refractivity contribution in [3.8, 4) is 33.8 Å². The van der Waals surface area contributed by atoms with Crippen LogP contribution in [0.1, 0.15) is 11.1 Å². The van der Waals surface area contributed by atoms with Crippen LogP contribution in [0, 0.1) is 6.92 Å². The van der Waals surface area contributed by atoms with Gasteiger partial charge in [-0.1, -0.05) is 35.4 Å². The number of thiazole rings is 1. The van der Waals surface area contributed by atoms with Crippen molar-refractivity contribution in [2.24, 2.45) is 0 Å². The average molecular weight is 521 g/mol. The third kappa shape index (κ3) is 4.91. The third-order valence-electron chi connectivity index (χ3n) is 6.04. The molecule has 6 rings (SSSR count). The lowest BCUT2D eigenvalue weighted by Crippen LogP contribution is -2.02. The molecule has 0 aliphatic heterocycles. The minimum absolute atomic E-state index is 0.253. The number of fused-ring (bicyclic) bond motifs is 1. The molecule has 0 unspecified atom stereocenters. The summed E-state index contributed by atoms with van der Waals surface area (Å²) in [5.74, 6) is 1.12. The first-order chi connectivity index (χ1) is 18.7. The molecule has 2 heterocycles. The number of benzene rings is 4. The van der Waals surface area contributed by atoms with Crippen molar-refractivity contribution in [3.05, 3.63) is 102 Å². The van der Waals surface area contributed by atoms with Crippen LogP contribution in [0.4, 0.5) is 5.69 Å². The van der Waals surface area contributed by atoms with Gasteiger partial charge in [0.05, 0.1) is 23.0 Å². The van der Waals surface area contributed by atoms with E-state index in [-0.39, 0.29) is 6.01 Å². The molecule has 0 amide bonds. The molecule has 0 aliphatic rings. The molecule has 6 aromatic rings. The maximum absolute atomic E-state index is 6.00. The Hall–Kier alpha value is -4.76. The lowest BCUT2D eigenvalue weighted by Gasteiger charge is -2.12. The smallest absolute Gasteiger partial charge is 0.346 e. The number of nitrogens with zero attached hydrogens (tertiary/aromatic N) is 5. The minimum Gasteiger partial charge on any atom is -0.493 e. The number of nitrogens with one attached hydrogen (secondary N) is 1. The Morgan fingerprint density at radius 2 is 1.74 bits per heavy atom. The van der Waals surface area contributed by atoms with Gasteiger partial charge < -0.3 is 14.8 Å². The summed E-state index contributed by atoms with van der Waals surface area (Å²) in [6, 6.07) is 30.3. The molecule has 0 fully saturated rings. The monoisotopic (exact) mass is 520 g/mol. The van der Waals surface area contributed by atoms with Crippen molar-refractivity contribution < 1.29 is 9.47 Å². The number of aryl methyl sites for hydroxylation is 1. The molecule has 1 N–H and O–H groups in total. The normalized spacial score (nSPS) is 11.0. The minimum atomic E-state index is 0.253. The zero-order valence-electron chi connectivity index (χ0n) is 20.8. The van der Waals surface area contributed by atoms with Gasteiger partial charge in [0.1, 0.15) is 5.01 Å². The second-order valence-electron chi connectivity index (χ2n) is 8.72. The van der Waals surface area contributed by atoms with E-state index in [0.29, 0.717) is 18.0 Å². The predicted molar refractivity (Wildman–Crippen MR) is 149 cm³/mol. The van der Waals surface area contributed by atoms with Gasteiger partial charge in [-0.15, -0.1) is 11.3 Å². The predicted octanol–water partition coefficient (Wildman–Crippen LogP) is 6.66. The summed E-state index contributed by atoms with van der Waals surface area (Å²) in [6.45, 7) is 2.73. The number of para-hydroxylation sites is 1. The van der Waals surface area contributed by atoms with E-state index in [9.17, 15) is 0 Å². The lowest BCUT2D eigenvalue weighted by atomic mass is 10.1. The molecule has 38 heavy (non-hydrogen) atoms. The Labute approximate surface area is 223 Å². The Morgan fingerprint density at radius 1 is 0.895 bits per heavy atom. The fourth-order valence-corrected chi connectivity index (χ4v) is 5.14. The van der Waals surface area contributed by atoms with E-state index in [4.69, 9.17) is 14.5 Å². The highest BCUT2D eigenvalue weighted by atomic mass is 32.1. The first-order valence-electron chi connectivity index (χ1n) is 12.1. The fourth-order valence-electron chi connectivity index (χ4n) is 4.07. The fraction of sp³-hybridized carbons (Fsp3) is 0.103. The Morgan fingerprint density at radius 3 is 2.55 bits per heavy atom. The topological polar surface area (TPSA) is 87.0 Å². The summed E-state index contributed by atoms with van der Waals surface area (Å²) in [4.78, 5) is 4.78. The van der Waals surface area contributed by atoms with Crippen LogP contribution in [0.25, 0.3) is 26.5 Å². The third-order valence-corrected chi connectivity index (χ3v) is 7.11. The molecular formula is C29H24N6O2S. The number of hydrogen-bond acceptors (Lipinski definition) is 8. The number of tetrazole rings is 1. The number of hydrogen-bond donors (Lipinski definition) is 1. The molecule has 0 aliphatic carbocycles. The highest BCUT2D eigenvalue weighted by Crippen LogP contribution is 2.33. The SMILES string of the molecule is COc1cc(CNc2ccc(-c3nc4ccc(C)cc4s3)cc2)ccc1Oc1nnnn1-c1ccccc1. The molecule has 0 saturated heterocycles. The van der Waals surface area contributed by atoms with Gasteiger partial charge in [0.2, 0.25) is 0 Å². The van der Waals surface area contributed by atoms with Crippen LogP contribution in [0.15, 0.2) is 91.0 Å². The zero-order valence-corrected chi connectivity index (χ0v) is 21.6. The van der Waals surface area contributed by atoms with Crippen LogP contribution in [-0.2, 0) is 6.54 Å². The van der Waals surface area contributed by atoms with Crippen LogP contribution in [0.2, 0.25) is 0 Å². The van der Waals surface area contributed by atoms with Gasteiger partial charge in [-0.05, 0) is 89.1 Å². The maximum atomic E-state index is 6.00. The largest absolute Gasteiger partial charge is 0.493 e. The lowest BCUT2D eigenvalue weighted by molar-refractivity contribution is 0.363. The molecule has 2 aromatic heterocycles. The second kappa shape index (κ2) is 10.3. The first kappa shape index (κ1) is 23.6. The van der Waals surface area contributed by atoms with Crippen LogP contribution < -0.4 is 14.8 Å². The van der Waals surface area contributed by atoms with E-state index in [2.05, 4.69) is 70.2 Å². The van der Waals surface area contributed by atoms with Gasteiger partial charge in [-0.2, -0.15) is 4.68 Å². The molecule has 0 spiro atoms. The van der Waals surface area contributed by atoms with Gasteiger partial charge in [0.15, 0.2) is 11.5 Å². The van der Waals surface area contributed by atoms with Gasteiger partial charge in [0.25, 0.3) is 0 Å². The molecule has 0 radical (unpaired) electrons. The molecule has 0 bridgehead atoms. The van der Waals surface area contributed by atoms with Crippen molar-refractivity contribution >= 4 is 27.2 Å². The highest BCUT2D eigenvalue weighted by Gasteiger charge is 2.14. The molecule has 0 atom stereocenters. The van der Waals surface area contributed by atoms with Gasteiger partial charge in [0, 0.05) is 17.8 Å². The summed E-state index contributed by atoms with van der Waals surface area (Å²) in [6.07, 6.45) is 0. The summed E-state index contributed by atoms with van der Waals surface area (Å²) >= 11 is 1.72. The van der Waals surface area contributed by atoms with Gasteiger partial charge in [-0.3, -0.25) is 0 Å². The Kier molecular flexibility index (Phi) is 6.41. The van der Waals surface area contributed by atoms with E-state index in [0.717, 1.165) is 33.0 Å². The second-order valence-corrected chi connectivity index (χ2v) is 9.75.